The lowest BCUT2D eigenvalue weighted by molar-refractivity contribution is 0.0967. The van der Waals surface area contributed by atoms with E-state index in [0.717, 1.165) is 17.4 Å². The fourth-order valence-electron chi connectivity index (χ4n) is 2.13. The van der Waals surface area contributed by atoms with E-state index in [1.54, 1.807) is 0 Å². The molecule has 1 aromatic heterocycles. The monoisotopic (exact) mass is 345 g/mol. The summed E-state index contributed by atoms with van der Waals surface area (Å²) in [6.07, 6.45) is 0. The van der Waals surface area contributed by atoms with Crippen LogP contribution in [-0.2, 0) is 6.54 Å². The van der Waals surface area contributed by atoms with Crippen LogP contribution in [0.2, 0.25) is 0 Å². The van der Waals surface area contributed by atoms with Gasteiger partial charge in [-0.05, 0) is 26.2 Å². The molecule has 0 aliphatic heterocycles. The summed E-state index contributed by atoms with van der Waals surface area (Å²) in [5.74, 6) is -0.702. The Morgan fingerprint density at radius 1 is 1.32 bits per heavy atom. The molecular formula is C14H21Cl2N5O. The number of para-hydroxylation sites is 1. The number of halogens is 2. The van der Waals surface area contributed by atoms with Gasteiger partial charge in [0.2, 0.25) is 0 Å². The molecule has 1 aromatic carbocycles. The molecule has 4 N–H and O–H groups in total. The van der Waals surface area contributed by atoms with Crippen LogP contribution >= 0.6 is 24.8 Å². The van der Waals surface area contributed by atoms with Crippen LogP contribution in [0.15, 0.2) is 30.3 Å². The minimum Gasteiger partial charge on any atom is -0.370 e. The fraction of sp³-hybridized carbons (Fsp3) is 0.286. The Kier molecular flexibility index (Phi) is 7.94. The minimum atomic E-state index is -0.354. The first-order chi connectivity index (χ1) is 9.49. The van der Waals surface area contributed by atoms with Crippen LogP contribution in [0.5, 0.6) is 0 Å². The number of benzene rings is 1. The number of nitrogens with two attached hydrogens (primary N) is 1. The number of carbonyl (C=O) groups is 1. The molecular weight excluding hydrogens is 325 g/mol. The summed E-state index contributed by atoms with van der Waals surface area (Å²) in [6.45, 7) is 1.51. The van der Waals surface area contributed by atoms with E-state index in [9.17, 15) is 4.79 Å². The second-order valence-electron chi connectivity index (χ2n) is 4.91. The van der Waals surface area contributed by atoms with Crippen molar-refractivity contribution in [3.63, 3.8) is 0 Å². The summed E-state index contributed by atoms with van der Waals surface area (Å²) in [7, 11) is 3.97. The number of guanidine groups is 1. The van der Waals surface area contributed by atoms with Gasteiger partial charge in [0.25, 0.3) is 5.91 Å². The van der Waals surface area contributed by atoms with Gasteiger partial charge < -0.3 is 15.2 Å². The number of rotatable bonds is 4. The molecule has 0 aliphatic carbocycles. The molecule has 0 saturated heterocycles. The first-order valence-electron chi connectivity index (χ1n) is 6.37. The van der Waals surface area contributed by atoms with Crippen molar-refractivity contribution in [3.8, 4) is 0 Å². The van der Waals surface area contributed by atoms with E-state index in [1.807, 2.05) is 49.0 Å². The highest BCUT2D eigenvalue weighted by Crippen LogP contribution is 2.19. The highest BCUT2D eigenvalue weighted by molar-refractivity contribution is 6.06. The molecule has 0 saturated carbocycles. The fourth-order valence-corrected chi connectivity index (χ4v) is 2.13. The molecule has 6 nitrogen and oxygen atoms in total. The number of fused-ring (bicyclic) bond motifs is 1. The molecule has 0 unspecified atom stereocenters. The lowest BCUT2D eigenvalue weighted by Crippen LogP contribution is -2.37. The Bertz CT molecular complexity index is 654. The van der Waals surface area contributed by atoms with E-state index in [2.05, 4.69) is 10.2 Å². The maximum Gasteiger partial charge on any atom is 0.274 e. The predicted molar refractivity (Wildman–Crippen MR) is 94.4 cm³/mol. The van der Waals surface area contributed by atoms with E-state index in [4.69, 9.17) is 11.1 Å². The number of carbonyl (C=O) groups excluding carboxylic acids is 1. The van der Waals surface area contributed by atoms with Crippen molar-refractivity contribution in [1.29, 1.82) is 5.41 Å². The summed E-state index contributed by atoms with van der Waals surface area (Å²) in [6, 6.07) is 9.65. The van der Waals surface area contributed by atoms with Gasteiger partial charge in [0.1, 0.15) is 5.69 Å². The smallest absolute Gasteiger partial charge is 0.274 e. The molecule has 1 amide bonds. The number of likely N-dealkylation sites (N-methyl/N-ethyl adjacent to an activating group) is 1. The number of nitrogens with one attached hydrogen (secondary N) is 2. The molecule has 0 atom stereocenters. The Balaban J connectivity index is 0.00000220. The first-order valence-corrected chi connectivity index (χ1v) is 6.37. The lowest BCUT2D eigenvalue weighted by Gasteiger charge is -2.14. The van der Waals surface area contributed by atoms with E-state index < -0.39 is 0 Å². The van der Waals surface area contributed by atoms with Crippen LogP contribution in [0.25, 0.3) is 10.9 Å². The van der Waals surface area contributed by atoms with Gasteiger partial charge >= 0.3 is 0 Å². The van der Waals surface area contributed by atoms with Crippen molar-refractivity contribution in [2.24, 2.45) is 5.73 Å². The van der Waals surface area contributed by atoms with Gasteiger partial charge in [-0.25, -0.2) is 0 Å². The number of aromatic nitrogens is 1. The van der Waals surface area contributed by atoms with Crippen molar-refractivity contribution < 1.29 is 4.79 Å². The Hall–Kier alpha value is -1.76. The zero-order valence-electron chi connectivity index (χ0n) is 12.5. The third kappa shape index (κ3) is 4.62. The second-order valence-corrected chi connectivity index (χ2v) is 4.91. The topological polar surface area (TPSA) is 87.1 Å². The zero-order valence-corrected chi connectivity index (χ0v) is 14.1. The number of hydrogen-bond acceptors (Lipinski definition) is 3. The standard InChI is InChI=1S/C14H19N5O.2ClH/c1-18(2)7-8-19-11-6-4-3-5-10(11)9-12(19)13(20)17-14(15)16;;/h3-6,9H,7-8H2,1-2H3,(H4,15,16,17,20);2*1H. The molecule has 0 spiro atoms. The van der Waals surface area contributed by atoms with Crippen LogP contribution < -0.4 is 11.1 Å². The van der Waals surface area contributed by atoms with Crippen molar-refractivity contribution in [2.45, 2.75) is 6.54 Å². The molecule has 8 heteroatoms. The number of amides is 1. The zero-order chi connectivity index (χ0) is 14.7. The van der Waals surface area contributed by atoms with Crippen molar-refractivity contribution in [3.05, 3.63) is 36.0 Å². The number of nitrogens with zero attached hydrogens (tertiary/aromatic N) is 2. The maximum absolute atomic E-state index is 12.1. The molecule has 122 valence electrons. The average Bonchev–Trinajstić information content (AvgIpc) is 2.74. The largest absolute Gasteiger partial charge is 0.370 e. The van der Waals surface area contributed by atoms with Gasteiger partial charge in [0.05, 0.1) is 0 Å². The Labute approximate surface area is 142 Å². The molecule has 22 heavy (non-hydrogen) atoms. The van der Waals surface area contributed by atoms with E-state index in [-0.39, 0.29) is 36.7 Å². The molecule has 0 aliphatic rings. The highest BCUT2D eigenvalue weighted by Gasteiger charge is 2.15. The normalized spacial score (nSPS) is 9.95. The minimum absolute atomic E-state index is 0. The van der Waals surface area contributed by atoms with Gasteiger partial charge in [0.15, 0.2) is 5.96 Å². The third-order valence-electron chi connectivity index (χ3n) is 3.06. The van der Waals surface area contributed by atoms with Gasteiger partial charge in [-0.2, -0.15) is 0 Å². The molecule has 0 radical (unpaired) electrons. The molecule has 0 bridgehead atoms. The van der Waals surface area contributed by atoms with E-state index in [1.165, 1.54) is 0 Å². The quantitative estimate of drug-likeness (QED) is 0.581. The summed E-state index contributed by atoms with van der Waals surface area (Å²) in [4.78, 5) is 14.2. The maximum atomic E-state index is 12.1. The van der Waals surface area contributed by atoms with Gasteiger partial charge in [-0.15, -0.1) is 24.8 Å². The average molecular weight is 346 g/mol. The summed E-state index contributed by atoms with van der Waals surface area (Å²) in [5.41, 5.74) is 6.75. The highest BCUT2D eigenvalue weighted by atomic mass is 35.5. The molecule has 2 rings (SSSR count). The van der Waals surface area contributed by atoms with Gasteiger partial charge in [-0.1, -0.05) is 18.2 Å². The first kappa shape index (κ1) is 20.2. The Morgan fingerprint density at radius 2 is 1.95 bits per heavy atom. The van der Waals surface area contributed by atoms with E-state index >= 15 is 0 Å². The molecule has 0 fully saturated rings. The van der Waals surface area contributed by atoms with Gasteiger partial charge in [-0.3, -0.25) is 15.5 Å². The molecule has 1 heterocycles. The van der Waals surface area contributed by atoms with Crippen LogP contribution in [0.3, 0.4) is 0 Å². The molecule has 2 aromatic rings. The van der Waals surface area contributed by atoms with Crippen LogP contribution in [0.4, 0.5) is 0 Å². The van der Waals surface area contributed by atoms with E-state index in [0.29, 0.717) is 12.2 Å². The SMILES string of the molecule is CN(C)CCn1c(C(=O)NC(=N)N)cc2ccccc21.Cl.Cl. The van der Waals surface area contributed by atoms with Crippen LogP contribution in [-0.4, -0.2) is 42.0 Å². The van der Waals surface area contributed by atoms with Crippen LogP contribution in [0.1, 0.15) is 10.5 Å². The predicted octanol–water partition coefficient (Wildman–Crippen LogP) is 1.67. The van der Waals surface area contributed by atoms with Crippen LogP contribution in [0, 0.1) is 5.41 Å². The third-order valence-corrected chi connectivity index (χ3v) is 3.06. The second kappa shape index (κ2) is 8.63. The van der Waals surface area contributed by atoms with Crippen molar-refractivity contribution >= 4 is 47.6 Å². The summed E-state index contributed by atoms with van der Waals surface area (Å²) >= 11 is 0. The van der Waals surface area contributed by atoms with Crippen molar-refractivity contribution in [1.82, 2.24) is 14.8 Å². The summed E-state index contributed by atoms with van der Waals surface area (Å²) < 4.78 is 1.95. The number of hydrogen-bond donors (Lipinski definition) is 3. The summed E-state index contributed by atoms with van der Waals surface area (Å²) in [5, 5.41) is 10.5. The van der Waals surface area contributed by atoms with Crippen molar-refractivity contribution in [2.75, 3.05) is 20.6 Å². The Morgan fingerprint density at radius 3 is 2.55 bits per heavy atom. The lowest BCUT2D eigenvalue weighted by atomic mass is 10.2. The van der Waals surface area contributed by atoms with Gasteiger partial charge in [0, 0.05) is 24.0 Å².